The van der Waals surface area contributed by atoms with Crippen LogP contribution in [0.15, 0.2) is 0 Å². The van der Waals surface area contributed by atoms with Gasteiger partial charge in [0.1, 0.15) is 5.92 Å². The molecule has 0 bridgehead atoms. The summed E-state index contributed by atoms with van der Waals surface area (Å²) in [6.45, 7) is 11.9. The lowest BCUT2D eigenvalue weighted by molar-refractivity contribution is -0.159. The van der Waals surface area contributed by atoms with Crippen LogP contribution in [0.5, 0.6) is 0 Å². The Morgan fingerprint density at radius 2 is 1.76 bits per heavy atom. The topological polar surface area (TPSA) is 58.6 Å². The minimum Gasteiger partial charge on any atom is -0.465 e. The van der Waals surface area contributed by atoms with E-state index in [2.05, 4.69) is 19.3 Å². The van der Waals surface area contributed by atoms with Crippen LogP contribution in [-0.4, -0.2) is 35.6 Å². The SMILES string of the molecule is CCOC(=O)C(C(=O)NN1C(C)CCCC1C)C(C)(C)C. The van der Waals surface area contributed by atoms with Crippen LogP contribution in [0.1, 0.15) is 60.8 Å². The largest absolute Gasteiger partial charge is 0.465 e. The molecular weight excluding hydrogens is 268 g/mol. The molecule has 0 spiro atoms. The molecule has 0 radical (unpaired) electrons. The molecule has 0 aliphatic carbocycles. The average Bonchev–Trinajstić information content (AvgIpc) is 2.32. The van der Waals surface area contributed by atoms with E-state index in [0.717, 1.165) is 12.8 Å². The van der Waals surface area contributed by atoms with E-state index in [0.29, 0.717) is 12.1 Å². The Kier molecular flexibility index (Phi) is 6.20. The normalized spacial score (nSPS) is 25.2. The van der Waals surface area contributed by atoms with Crippen LogP contribution >= 0.6 is 0 Å². The molecule has 5 heteroatoms. The monoisotopic (exact) mass is 298 g/mol. The van der Waals surface area contributed by atoms with Gasteiger partial charge in [-0.3, -0.25) is 15.0 Å². The number of carbonyl (C=O) groups excluding carboxylic acids is 2. The summed E-state index contributed by atoms with van der Waals surface area (Å²) >= 11 is 0. The molecular formula is C16H30N2O3. The fourth-order valence-electron chi connectivity index (χ4n) is 2.91. The van der Waals surface area contributed by atoms with Gasteiger partial charge in [0, 0.05) is 12.1 Å². The van der Waals surface area contributed by atoms with Crippen LogP contribution in [0.25, 0.3) is 0 Å². The number of amides is 1. The molecule has 21 heavy (non-hydrogen) atoms. The Bertz CT molecular complexity index is 366. The highest BCUT2D eigenvalue weighted by Gasteiger charge is 2.40. The summed E-state index contributed by atoms with van der Waals surface area (Å²) in [6.07, 6.45) is 3.30. The number of rotatable bonds is 4. The summed E-state index contributed by atoms with van der Waals surface area (Å²) in [4.78, 5) is 24.7. The van der Waals surface area contributed by atoms with E-state index in [-0.39, 0.29) is 12.5 Å². The number of hydrogen-bond acceptors (Lipinski definition) is 4. The van der Waals surface area contributed by atoms with Gasteiger partial charge in [0.25, 0.3) is 0 Å². The average molecular weight is 298 g/mol. The number of piperidine rings is 1. The van der Waals surface area contributed by atoms with E-state index in [9.17, 15) is 9.59 Å². The first-order valence-electron chi connectivity index (χ1n) is 7.94. The van der Waals surface area contributed by atoms with Gasteiger partial charge in [0.05, 0.1) is 6.61 Å². The number of carbonyl (C=O) groups is 2. The van der Waals surface area contributed by atoms with Gasteiger partial charge in [0.2, 0.25) is 5.91 Å². The third-order valence-electron chi connectivity index (χ3n) is 4.08. The number of ether oxygens (including phenoxy) is 1. The Balaban J connectivity index is 2.83. The third-order valence-corrected chi connectivity index (χ3v) is 4.08. The standard InChI is InChI=1S/C16H30N2O3/c1-7-21-15(20)13(16(4,5)6)14(19)17-18-11(2)9-8-10-12(18)3/h11-13H,7-10H2,1-6H3,(H,17,19). The van der Waals surface area contributed by atoms with Crippen LogP contribution in [0.4, 0.5) is 0 Å². The number of esters is 1. The van der Waals surface area contributed by atoms with Gasteiger partial charge in [-0.2, -0.15) is 0 Å². The molecule has 1 heterocycles. The second-order valence-electron chi connectivity index (χ2n) is 7.06. The van der Waals surface area contributed by atoms with Crippen molar-refractivity contribution in [2.75, 3.05) is 6.61 Å². The predicted molar refractivity (Wildman–Crippen MR) is 82.3 cm³/mol. The van der Waals surface area contributed by atoms with Gasteiger partial charge in [-0.15, -0.1) is 0 Å². The van der Waals surface area contributed by atoms with E-state index in [4.69, 9.17) is 4.74 Å². The minimum absolute atomic E-state index is 0.262. The van der Waals surface area contributed by atoms with Crippen LogP contribution in [0.3, 0.4) is 0 Å². The van der Waals surface area contributed by atoms with E-state index in [1.165, 1.54) is 6.42 Å². The van der Waals surface area contributed by atoms with Gasteiger partial charge in [0.15, 0.2) is 0 Å². The first-order chi connectivity index (χ1) is 9.68. The van der Waals surface area contributed by atoms with E-state index < -0.39 is 17.3 Å². The van der Waals surface area contributed by atoms with Crippen molar-refractivity contribution >= 4 is 11.9 Å². The highest BCUT2D eigenvalue weighted by Crippen LogP contribution is 2.28. The molecule has 3 atom stereocenters. The molecule has 0 aromatic rings. The zero-order valence-electron chi connectivity index (χ0n) is 14.2. The first-order valence-corrected chi connectivity index (χ1v) is 7.94. The molecule has 1 N–H and O–H groups in total. The number of hydrogen-bond donors (Lipinski definition) is 1. The molecule has 0 aromatic carbocycles. The first kappa shape index (κ1) is 18.0. The molecule has 5 nitrogen and oxygen atoms in total. The second kappa shape index (κ2) is 7.25. The van der Waals surface area contributed by atoms with Crippen molar-refractivity contribution in [1.82, 2.24) is 10.4 Å². The smallest absolute Gasteiger partial charge is 0.319 e. The zero-order valence-corrected chi connectivity index (χ0v) is 14.2. The maximum Gasteiger partial charge on any atom is 0.319 e. The van der Waals surface area contributed by atoms with Crippen molar-refractivity contribution in [3.63, 3.8) is 0 Å². The molecule has 0 saturated carbocycles. The lowest BCUT2D eigenvalue weighted by atomic mass is 9.80. The highest BCUT2D eigenvalue weighted by molar-refractivity contribution is 5.98. The molecule has 3 unspecified atom stereocenters. The van der Waals surface area contributed by atoms with Crippen molar-refractivity contribution in [2.24, 2.45) is 11.3 Å². The number of hydrazine groups is 1. The molecule has 1 saturated heterocycles. The van der Waals surface area contributed by atoms with E-state index in [1.54, 1.807) is 6.92 Å². The molecule has 122 valence electrons. The van der Waals surface area contributed by atoms with Crippen LogP contribution in [0.2, 0.25) is 0 Å². The van der Waals surface area contributed by atoms with Crippen LogP contribution in [-0.2, 0) is 14.3 Å². The molecule has 0 aromatic heterocycles. The predicted octanol–water partition coefficient (Wildman–Crippen LogP) is 2.51. The molecule has 1 amide bonds. The highest BCUT2D eigenvalue weighted by atomic mass is 16.5. The van der Waals surface area contributed by atoms with Crippen molar-refractivity contribution in [1.29, 1.82) is 0 Å². The maximum atomic E-state index is 12.6. The van der Waals surface area contributed by atoms with Gasteiger partial charge < -0.3 is 4.74 Å². The van der Waals surface area contributed by atoms with Gasteiger partial charge in [-0.05, 0) is 39.0 Å². The minimum atomic E-state index is -0.793. The zero-order chi connectivity index (χ0) is 16.2. The Morgan fingerprint density at radius 1 is 1.24 bits per heavy atom. The summed E-state index contributed by atoms with van der Waals surface area (Å²) in [6, 6.07) is 0.584. The van der Waals surface area contributed by atoms with Crippen LogP contribution < -0.4 is 5.43 Å². The van der Waals surface area contributed by atoms with E-state index in [1.807, 2.05) is 25.8 Å². The molecule has 1 aliphatic rings. The summed E-state index contributed by atoms with van der Waals surface area (Å²) in [5.41, 5.74) is 2.48. The summed E-state index contributed by atoms with van der Waals surface area (Å²) < 4.78 is 5.08. The fourth-order valence-corrected chi connectivity index (χ4v) is 2.91. The molecule has 1 fully saturated rings. The lowest BCUT2D eigenvalue weighted by Crippen LogP contribution is -2.57. The van der Waals surface area contributed by atoms with Crippen molar-refractivity contribution in [3.8, 4) is 0 Å². The summed E-state index contributed by atoms with van der Waals surface area (Å²) in [5.74, 6) is -1.50. The number of nitrogens with zero attached hydrogens (tertiary/aromatic N) is 1. The van der Waals surface area contributed by atoms with Gasteiger partial charge in [-0.25, -0.2) is 5.01 Å². The Morgan fingerprint density at radius 3 is 2.19 bits per heavy atom. The summed E-state index contributed by atoms with van der Waals surface area (Å²) in [7, 11) is 0. The maximum absolute atomic E-state index is 12.6. The quantitative estimate of drug-likeness (QED) is 0.640. The third kappa shape index (κ3) is 4.70. The second-order valence-corrected chi connectivity index (χ2v) is 7.06. The summed E-state index contributed by atoms with van der Waals surface area (Å²) in [5, 5.41) is 1.99. The molecule has 1 rings (SSSR count). The molecule has 1 aliphatic heterocycles. The van der Waals surface area contributed by atoms with Gasteiger partial charge in [-0.1, -0.05) is 27.2 Å². The van der Waals surface area contributed by atoms with Crippen molar-refractivity contribution in [2.45, 2.75) is 72.9 Å². The van der Waals surface area contributed by atoms with Gasteiger partial charge >= 0.3 is 5.97 Å². The van der Waals surface area contributed by atoms with E-state index >= 15 is 0 Å². The van der Waals surface area contributed by atoms with Crippen LogP contribution in [0, 0.1) is 11.3 Å². The van der Waals surface area contributed by atoms with Crippen molar-refractivity contribution < 1.29 is 14.3 Å². The number of nitrogens with one attached hydrogen (secondary N) is 1. The lowest BCUT2D eigenvalue weighted by Gasteiger charge is -2.40. The fraction of sp³-hybridized carbons (Fsp3) is 0.875. The Hall–Kier alpha value is -1.10. The van der Waals surface area contributed by atoms with Crippen molar-refractivity contribution in [3.05, 3.63) is 0 Å². The Labute approximate surface area is 128 Å².